The molecule has 1 aromatic heterocycles. The number of rotatable bonds is 4. The Balaban J connectivity index is 1.81. The minimum Gasteiger partial charge on any atom is -0.483 e. The van der Waals surface area contributed by atoms with Crippen LogP contribution in [0.2, 0.25) is 0 Å². The number of hydrazine groups is 1. The molecule has 1 heterocycles. The Labute approximate surface area is 136 Å². The van der Waals surface area contributed by atoms with Crippen LogP contribution < -0.4 is 15.6 Å². The smallest absolute Gasteiger partial charge is 0.286 e. The summed E-state index contributed by atoms with van der Waals surface area (Å²) in [6.07, 6.45) is 1.63. The van der Waals surface area contributed by atoms with E-state index in [1.165, 1.54) is 0 Å². The lowest BCUT2D eigenvalue weighted by Crippen LogP contribution is -2.44. The summed E-state index contributed by atoms with van der Waals surface area (Å²) < 4.78 is 6.19. The van der Waals surface area contributed by atoms with Crippen molar-refractivity contribution in [1.29, 1.82) is 0 Å². The van der Waals surface area contributed by atoms with Gasteiger partial charge in [-0.05, 0) is 53.0 Å². The molecule has 22 heavy (non-hydrogen) atoms. The number of ether oxygens (including phenoxy) is 1. The number of aryl methyl sites for hydroxylation is 2. The Bertz CT molecular complexity index is 697. The zero-order valence-electron chi connectivity index (χ0n) is 12.2. The van der Waals surface area contributed by atoms with Crippen LogP contribution in [0.4, 0.5) is 0 Å². The third-order valence-corrected chi connectivity index (χ3v) is 3.37. The maximum absolute atomic E-state index is 11.7. The predicted octanol–water partition coefficient (Wildman–Crippen LogP) is 2.23. The average Bonchev–Trinajstić information content (AvgIpc) is 2.92. The quantitative estimate of drug-likeness (QED) is 0.726. The number of hydrogen-bond donors (Lipinski definition) is 3. The molecule has 3 N–H and O–H groups in total. The van der Waals surface area contributed by atoms with Gasteiger partial charge in [0.15, 0.2) is 6.61 Å². The highest BCUT2D eigenvalue weighted by atomic mass is 79.9. The summed E-state index contributed by atoms with van der Waals surface area (Å²) in [5, 5.41) is 0. The van der Waals surface area contributed by atoms with Crippen molar-refractivity contribution in [2.24, 2.45) is 0 Å². The lowest BCUT2D eigenvalue weighted by molar-refractivity contribution is -0.123. The summed E-state index contributed by atoms with van der Waals surface area (Å²) >= 11 is 3.23. The minimum atomic E-state index is -0.445. The van der Waals surface area contributed by atoms with Crippen LogP contribution in [0.5, 0.6) is 5.75 Å². The number of H-pyrrole nitrogens is 1. The van der Waals surface area contributed by atoms with Gasteiger partial charge in [0.2, 0.25) is 0 Å². The summed E-state index contributed by atoms with van der Waals surface area (Å²) in [5.41, 5.74) is 6.93. The first-order valence-electron chi connectivity index (χ1n) is 6.59. The van der Waals surface area contributed by atoms with Crippen LogP contribution in [0.1, 0.15) is 21.6 Å². The maximum atomic E-state index is 11.7. The number of aromatic nitrogens is 1. The van der Waals surface area contributed by atoms with E-state index in [0.717, 1.165) is 15.6 Å². The molecule has 0 saturated heterocycles. The average molecular weight is 366 g/mol. The molecule has 0 spiro atoms. The van der Waals surface area contributed by atoms with Gasteiger partial charge in [-0.3, -0.25) is 20.4 Å². The second kappa shape index (κ2) is 7.13. The van der Waals surface area contributed by atoms with Crippen molar-refractivity contribution in [3.05, 3.63) is 51.8 Å². The summed E-state index contributed by atoms with van der Waals surface area (Å²) in [5.74, 6) is -0.236. The van der Waals surface area contributed by atoms with Crippen molar-refractivity contribution in [1.82, 2.24) is 15.8 Å². The first kappa shape index (κ1) is 16.1. The van der Waals surface area contributed by atoms with Gasteiger partial charge in [0.1, 0.15) is 11.4 Å². The number of benzene rings is 1. The van der Waals surface area contributed by atoms with Crippen molar-refractivity contribution in [2.75, 3.05) is 6.61 Å². The van der Waals surface area contributed by atoms with E-state index in [9.17, 15) is 9.59 Å². The van der Waals surface area contributed by atoms with Gasteiger partial charge in [-0.25, -0.2) is 0 Å². The standard InChI is InChI=1S/C15H16BrN3O3/c1-9-3-4-10(2)13(5-9)22-8-14(20)18-19-15(21)12-6-11(16)7-17-12/h3-7,17H,8H2,1-2H3,(H,18,20)(H,19,21). The van der Waals surface area contributed by atoms with E-state index in [0.29, 0.717) is 11.4 Å². The maximum Gasteiger partial charge on any atom is 0.286 e. The molecule has 0 saturated carbocycles. The lowest BCUT2D eigenvalue weighted by Gasteiger charge is -2.10. The third kappa shape index (κ3) is 4.36. The SMILES string of the molecule is Cc1ccc(C)c(OCC(=O)NNC(=O)c2cc(Br)c[nH]2)c1. The molecule has 0 aliphatic carbocycles. The number of halogens is 1. The van der Waals surface area contributed by atoms with Crippen LogP contribution in [0.15, 0.2) is 34.9 Å². The van der Waals surface area contributed by atoms with Crippen LogP contribution in [0, 0.1) is 13.8 Å². The molecule has 0 unspecified atom stereocenters. The first-order valence-corrected chi connectivity index (χ1v) is 7.38. The van der Waals surface area contributed by atoms with Gasteiger partial charge in [-0.1, -0.05) is 12.1 Å². The second-order valence-electron chi connectivity index (χ2n) is 4.79. The van der Waals surface area contributed by atoms with E-state index in [2.05, 4.69) is 31.8 Å². The van der Waals surface area contributed by atoms with E-state index in [4.69, 9.17) is 4.74 Å². The van der Waals surface area contributed by atoms with Gasteiger partial charge >= 0.3 is 0 Å². The van der Waals surface area contributed by atoms with Crippen molar-refractivity contribution >= 4 is 27.7 Å². The van der Waals surface area contributed by atoms with Crippen molar-refractivity contribution < 1.29 is 14.3 Å². The number of aromatic amines is 1. The molecule has 0 radical (unpaired) electrons. The van der Waals surface area contributed by atoms with Gasteiger partial charge in [-0.15, -0.1) is 0 Å². The molecular weight excluding hydrogens is 350 g/mol. The summed E-state index contributed by atoms with van der Waals surface area (Å²) in [7, 11) is 0. The van der Waals surface area contributed by atoms with Crippen LogP contribution in [0.25, 0.3) is 0 Å². The van der Waals surface area contributed by atoms with Crippen LogP contribution in [-0.2, 0) is 4.79 Å². The van der Waals surface area contributed by atoms with Gasteiger partial charge in [0, 0.05) is 10.7 Å². The van der Waals surface area contributed by atoms with Gasteiger partial charge in [-0.2, -0.15) is 0 Å². The van der Waals surface area contributed by atoms with Crippen molar-refractivity contribution in [3.8, 4) is 5.75 Å². The molecule has 2 amide bonds. The molecule has 0 atom stereocenters. The molecule has 1 aromatic carbocycles. The molecule has 0 bridgehead atoms. The molecule has 6 nitrogen and oxygen atoms in total. The second-order valence-corrected chi connectivity index (χ2v) is 5.71. The molecule has 0 fully saturated rings. The van der Waals surface area contributed by atoms with Gasteiger partial charge in [0.05, 0.1) is 0 Å². The topological polar surface area (TPSA) is 83.2 Å². The highest BCUT2D eigenvalue weighted by Gasteiger charge is 2.10. The highest BCUT2D eigenvalue weighted by Crippen LogP contribution is 2.18. The molecule has 0 aliphatic heterocycles. The van der Waals surface area contributed by atoms with Crippen molar-refractivity contribution in [2.45, 2.75) is 13.8 Å². The zero-order valence-corrected chi connectivity index (χ0v) is 13.8. The minimum absolute atomic E-state index is 0.182. The zero-order chi connectivity index (χ0) is 16.1. The summed E-state index contributed by atoms with van der Waals surface area (Å²) in [6, 6.07) is 7.36. The van der Waals surface area contributed by atoms with Crippen molar-refractivity contribution in [3.63, 3.8) is 0 Å². The van der Waals surface area contributed by atoms with E-state index in [1.54, 1.807) is 12.3 Å². The normalized spacial score (nSPS) is 10.1. The first-order chi connectivity index (χ1) is 10.5. The Hall–Kier alpha value is -2.28. The number of hydrogen-bond acceptors (Lipinski definition) is 3. The summed E-state index contributed by atoms with van der Waals surface area (Å²) in [4.78, 5) is 26.2. The molecule has 7 heteroatoms. The van der Waals surface area contributed by atoms with E-state index in [-0.39, 0.29) is 6.61 Å². The molecule has 116 valence electrons. The number of carbonyl (C=O) groups is 2. The molecule has 0 aliphatic rings. The van der Waals surface area contributed by atoms with Gasteiger partial charge < -0.3 is 9.72 Å². The number of nitrogens with one attached hydrogen (secondary N) is 3. The van der Waals surface area contributed by atoms with Gasteiger partial charge in [0.25, 0.3) is 11.8 Å². The predicted molar refractivity (Wildman–Crippen MR) is 85.5 cm³/mol. The monoisotopic (exact) mass is 365 g/mol. The third-order valence-electron chi connectivity index (χ3n) is 2.91. The molecule has 2 aromatic rings. The van der Waals surface area contributed by atoms with Crippen LogP contribution in [-0.4, -0.2) is 23.4 Å². The number of amides is 2. The lowest BCUT2D eigenvalue weighted by atomic mass is 10.1. The van der Waals surface area contributed by atoms with Crippen LogP contribution >= 0.6 is 15.9 Å². The highest BCUT2D eigenvalue weighted by molar-refractivity contribution is 9.10. The molecular formula is C15H16BrN3O3. The Morgan fingerprint density at radius 1 is 1.23 bits per heavy atom. The Morgan fingerprint density at radius 3 is 2.68 bits per heavy atom. The number of carbonyl (C=O) groups excluding carboxylic acids is 2. The van der Waals surface area contributed by atoms with Crippen LogP contribution in [0.3, 0.4) is 0 Å². The van der Waals surface area contributed by atoms with E-state index in [1.807, 2.05) is 32.0 Å². The largest absolute Gasteiger partial charge is 0.483 e. The Morgan fingerprint density at radius 2 is 2.00 bits per heavy atom. The fourth-order valence-corrected chi connectivity index (χ4v) is 2.08. The summed E-state index contributed by atoms with van der Waals surface area (Å²) in [6.45, 7) is 3.66. The Kier molecular flexibility index (Phi) is 5.21. The molecule has 2 rings (SSSR count). The fourth-order valence-electron chi connectivity index (χ4n) is 1.74. The van der Waals surface area contributed by atoms with E-state index >= 15 is 0 Å². The van der Waals surface area contributed by atoms with E-state index < -0.39 is 11.8 Å². The fraction of sp³-hybridized carbons (Fsp3) is 0.200.